The number of aliphatic imine (C=N–C) groups is 6. The number of hydrogen-bond donors (Lipinski definition) is 10. The van der Waals surface area contributed by atoms with Gasteiger partial charge in [0.05, 0.1) is 64.7 Å². The number of hydrogen-bond acceptors (Lipinski definition) is 23. The van der Waals surface area contributed by atoms with Crippen molar-refractivity contribution in [2.24, 2.45) is 53.6 Å². The first-order valence-corrected chi connectivity index (χ1v) is 41.1. The molecule has 1 aliphatic carbocycles. The van der Waals surface area contributed by atoms with Crippen molar-refractivity contribution < 1.29 is 41.6 Å². The minimum atomic E-state index is -3.52. The molecule has 25 nitrogen and oxygen atoms in total. The molecule has 0 bridgehead atoms. The summed E-state index contributed by atoms with van der Waals surface area (Å²) in [6.45, 7) is 47.8. The number of amidine groups is 6. The molecule has 0 spiro atoms. The Morgan fingerprint density at radius 2 is 0.889 bits per heavy atom. The molecule has 2 atom stereocenters. The van der Waals surface area contributed by atoms with Gasteiger partial charge in [-0.15, -0.1) is 0 Å². The summed E-state index contributed by atoms with van der Waals surface area (Å²) in [7, 11) is -3.52. The third kappa shape index (κ3) is 39.9. The third-order valence-corrected chi connectivity index (χ3v) is 18.3. The first-order chi connectivity index (χ1) is 50.9. The minimum absolute atomic E-state index is 0.0489. The molecule has 6 aliphatic heterocycles. The Morgan fingerprint density at radius 3 is 1.31 bits per heavy atom. The average molecular weight is 1520 g/mol. The molecule has 10 N–H and O–H groups in total. The van der Waals surface area contributed by atoms with E-state index in [0.29, 0.717) is 111 Å². The van der Waals surface area contributed by atoms with Gasteiger partial charge in [0.2, 0.25) is 15.9 Å². The summed E-state index contributed by atoms with van der Waals surface area (Å²) >= 11 is 0. The van der Waals surface area contributed by atoms with Crippen molar-refractivity contribution in [3.63, 3.8) is 0 Å². The van der Waals surface area contributed by atoms with E-state index in [-0.39, 0.29) is 65.9 Å². The number of ketones is 4. The molecule has 1 fully saturated rings. The summed E-state index contributed by atoms with van der Waals surface area (Å²) in [4.78, 5) is 96.6. The number of amides is 2. The monoisotopic (exact) mass is 1520 g/mol. The zero-order valence-electron chi connectivity index (χ0n) is 69.3. The van der Waals surface area contributed by atoms with E-state index in [1.807, 2.05) is 50.6 Å². The van der Waals surface area contributed by atoms with Crippen LogP contribution in [-0.4, -0.2) is 192 Å². The van der Waals surface area contributed by atoms with Gasteiger partial charge in [-0.05, 0) is 187 Å². The topological polar surface area (TPSA) is 344 Å². The van der Waals surface area contributed by atoms with Gasteiger partial charge in [-0.2, -0.15) is 0 Å². The van der Waals surface area contributed by atoms with Gasteiger partial charge in [-0.3, -0.25) is 58.7 Å². The van der Waals surface area contributed by atoms with Crippen LogP contribution in [0.1, 0.15) is 215 Å². The van der Waals surface area contributed by atoms with E-state index >= 15 is 0 Å². The molecule has 7 heterocycles. The van der Waals surface area contributed by atoms with Crippen LogP contribution in [0.3, 0.4) is 0 Å². The quantitative estimate of drug-likeness (QED) is 0.0300. The van der Waals surface area contributed by atoms with E-state index in [1.54, 1.807) is 32.9 Å². The molecule has 1 aromatic rings. The zero-order chi connectivity index (χ0) is 80.6. The number of furan rings is 1. The first kappa shape index (κ1) is 94.2. The normalized spacial score (nSPS) is 17.1. The predicted octanol–water partition coefficient (Wildman–Crippen LogP) is 9.87. The number of Topliss-reactive ketones (excluding diaryl/α,β-unsaturated/α-hetero) is 4. The Hall–Kier alpha value is -7.97. The fourth-order valence-electron chi connectivity index (χ4n) is 11.3. The zero-order valence-corrected chi connectivity index (χ0v) is 70.1. The summed E-state index contributed by atoms with van der Waals surface area (Å²) in [6, 6.07) is 6.61. The number of carbonyl (C=O) groups is 6. The van der Waals surface area contributed by atoms with E-state index in [2.05, 4.69) is 193 Å². The van der Waals surface area contributed by atoms with Gasteiger partial charge in [0, 0.05) is 95.3 Å². The molecule has 2 amide bonds. The molecule has 7 aliphatic rings. The summed E-state index contributed by atoms with van der Waals surface area (Å²) < 4.78 is 30.6. The van der Waals surface area contributed by atoms with Crippen LogP contribution in [0.25, 0.3) is 0 Å². The SMILES string of the molecule is CC(C)CCCCC(=O)C1=CC(NC(C)C)=NC1.CC(C)CNCC(=O)C1=CC(NC(C)C)=NC1.CC(C)NC1=NCC(C(=O)CNC(=O)C(C)C)=C1.CC(C)NC1=NCC(C(=O)CNC2CCCCC2C)=C1.CCCS(=O)(=O)NC(=O)C1=CC(NC(C)C)=NC1.CCc1ccc(CC2=CC(NC(C)C)=NC2)o1. The summed E-state index contributed by atoms with van der Waals surface area (Å²) in [6.07, 6.45) is 22.5. The smallest absolute Gasteiger partial charge is 0.262 e. The van der Waals surface area contributed by atoms with Crippen LogP contribution >= 0.6 is 0 Å². The maximum absolute atomic E-state index is 12.2. The largest absolute Gasteiger partial charge is 0.466 e. The molecule has 26 heteroatoms. The Morgan fingerprint density at radius 1 is 0.481 bits per heavy atom. The van der Waals surface area contributed by atoms with Crippen LogP contribution < -0.4 is 52.6 Å². The first-order valence-electron chi connectivity index (χ1n) is 39.5. The van der Waals surface area contributed by atoms with Crippen molar-refractivity contribution in [3.05, 3.63) is 93.5 Å². The highest BCUT2D eigenvalue weighted by atomic mass is 32.2. The summed E-state index contributed by atoms with van der Waals surface area (Å²) in [5, 5.41) is 28.4. The summed E-state index contributed by atoms with van der Waals surface area (Å²) in [5.41, 5.74) is 4.79. The molecular formula is C82H136N16O9S. The lowest BCUT2D eigenvalue weighted by Gasteiger charge is -2.29. The second-order valence-corrected chi connectivity index (χ2v) is 33.1. The van der Waals surface area contributed by atoms with E-state index in [1.165, 1.54) is 37.7 Å². The van der Waals surface area contributed by atoms with Crippen LogP contribution in [0.15, 0.2) is 116 Å². The molecular weight excluding hydrogens is 1390 g/mol. The second-order valence-electron chi connectivity index (χ2n) is 31.3. The number of carbonyl (C=O) groups excluding carboxylic acids is 6. The van der Waals surface area contributed by atoms with Crippen LogP contribution in [0.5, 0.6) is 0 Å². The molecule has 0 saturated heterocycles. The molecule has 0 radical (unpaired) electrons. The van der Waals surface area contributed by atoms with Crippen LogP contribution in [0.4, 0.5) is 0 Å². The Bertz CT molecular complexity index is 3590. The van der Waals surface area contributed by atoms with Gasteiger partial charge in [-0.1, -0.05) is 88.0 Å². The van der Waals surface area contributed by atoms with Crippen molar-refractivity contribution in [1.29, 1.82) is 0 Å². The Kier molecular flexibility index (Phi) is 43.6. The third-order valence-electron chi connectivity index (χ3n) is 16.8. The highest BCUT2D eigenvalue weighted by molar-refractivity contribution is 7.90. The molecule has 604 valence electrons. The number of nitrogens with zero attached hydrogens (tertiary/aromatic N) is 6. The lowest BCUT2D eigenvalue weighted by molar-refractivity contribution is -0.126. The standard InChI is InChI=1S/C16H27N3O.C15H26N2O.C14H20N2O.C13H21N3O2.C13H23N3O.C11H19N3O3S/c1-11(2)19-16-8-13(9-18-16)15(20)10-17-14-7-5-4-6-12(14)3;1-11(2)7-5-6-8-14(18)13-9-15(16-10-13)17-12(3)4;1-4-12-5-6-13(17-12)7-11-8-14(15-9-11)16-10(2)3;1-8(2)13(18)15-7-11(17)10-5-12(14-6-10)16-9(3)4;1-9(2)6-14-8-12(17)11-5-13(15-7-11)16-10(3)4;1-4-5-18(16,17)14-11(15)9-6-10(12-7-9)13-8(2)3/h8,11-12,14,17H,4-7,9-10H2,1-3H3,(H,18,19);9,11-12H,5-8,10H2,1-4H3,(H,16,17);5-6,8,10H,4,7,9H2,1-3H3,(H,15,16);5,8-9H,6-7H2,1-4H3,(H,14,16)(H,15,18);5,9-10,14H,6-8H2,1-4H3,(H,15,16);6,8H,4-5,7H2,1-3H3,(H,12,13)(H,14,15). The van der Waals surface area contributed by atoms with Gasteiger partial charge < -0.3 is 52.3 Å². The molecule has 0 aromatic carbocycles. The lowest BCUT2D eigenvalue weighted by Crippen LogP contribution is -2.40. The van der Waals surface area contributed by atoms with E-state index in [4.69, 9.17) is 4.42 Å². The van der Waals surface area contributed by atoms with Gasteiger partial charge in [0.15, 0.2) is 23.1 Å². The van der Waals surface area contributed by atoms with Crippen molar-refractivity contribution in [2.75, 3.05) is 71.2 Å². The van der Waals surface area contributed by atoms with Crippen molar-refractivity contribution in [3.8, 4) is 0 Å². The highest BCUT2D eigenvalue weighted by Crippen LogP contribution is 2.24. The highest BCUT2D eigenvalue weighted by Gasteiger charge is 2.25. The molecule has 8 rings (SSSR count). The van der Waals surface area contributed by atoms with Crippen LogP contribution in [0, 0.1) is 23.7 Å². The minimum Gasteiger partial charge on any atom is -0.466 e. The number of aryl methyl sites for hydroxylation is 1. The number of sulfonamides is 1. The summed E-state index contributed by atoms with van der Waals surface area (Å²) in [5.74, 6) is 8.62. The fraction of sp³-hybridized carbons (Fsp3) is 0.659. The van der Waals surface area contributed by atoms with Crippen molar-refractivity contribution >= 4 is 80.0 Å². The van der Waals surface area contributed by atoms with Gasteiger partial charge in [0.1, 0.15) is 46.5 Å². The Balaban J connectivity index is 0.000000336. The predicted molar refractivity (Wildman–Crippen MR) is 444 cm³/mol. The van der Waals surface area contributed by atoms with Gasteiger partial charge in [0.25, 0.3) is 5.91 Å². The molecule has 1 aromatic heterocycles. The Labute approximate surface area is 647 Å². The van der Waals surface area contributed by atoms with Crippen molar-refractivity contribution in [2.45, 2.75) is 258 Å². The molecule has 2 unspecified atom stereocenters. The van der Waals surface area contributed by atoms with E-state index < -0.39 is 15.9 Å². The average Bonchev–Trinajstić information content (AvgIpc) is 1.70. The lowest BCUT2D eigenvalue weighted by atomic mass is 9.86. The van der Waals surface area contributed by atoms with E-state index in [0.717, 1.165) is 102 Å². The molecule has 108 heavy (non-hydrogen) atoms. The maximum atomic E-state index is 12.2. The van der Waals surface area contributed by atoms with E-state index in [9.17, 15) is 37.2 Å². The number of unbranched alkanes of at least 4 members (excludes halogenated alkanes) is 1. The number of rotatable bonds is 32. The van der Waals surface area contributed by atoms with Gasteiger partial charge in [-0.25, -0.2) is 13.1 Å². The fourth-order valence-corrected chi connectivity index (χ4v) is 12.4. The van der Waals surface area contributed by atoms with Crippen LogP contribution in [0.2, 0.25) is 0 Å². The van der Waals surface area contributed by atoms with Gasteiger partial charge >= 0.3 is 0 Å². The van der Waals surface area contributed by atoms with Crippen molar-refractivity contribution in [1.82, 2.24) is 52.6 Å². The van der Waals surface area contributed by atoms with Crippen LogP contribution in [-0.2, 0) is 51.6 Å². The number of nitrogens with one attached hydrogen (secondary N) is 10. The second kappa shape index (κ2) is 50.0. The molecule has 1 saturated carbocycles. The maximum Gasteiger partial charge on any atom is 0.262 e.